The molecule has 2 saturated heterocycles. The van der Waals surface area contributed by atoms with E-state index < -0.39 is 59.8 Å². The summed E-state index contributed by atoms with van der Waals surface area (Å²) < 4.78 is 8.69. The van der Waals surface area contributed by atoms with Crippen molar-refractivity contribution in [3.63, 3.8) is 0 Å². The van der Waals surface area contributed by atoms with E-state index in [9.17, 15) is 38.7 Å². The quantitative estimate of drug-likeness (QED) is 0.0656. The fourth-order valence-electron chi connectivity index (χ4n) is 10.5. The van der Waals surface area contributed by atoms with Crippen molar-refractivity contribution < 1.29 is 43.4 Å². The van der Waals surface area contributed by atoms with E-state index in [1.807, 2.05) is 60.7 Å². The van der Waals surface area contributed by atoms with Gasteiger partial charge in [0.25, 0.3) is 0 Å². The molecule has 7 N–H and O–H groups in total. The summed E-state index contributed by atoms with van der Waals surface area (Å²) in [5, 5.41) is 29.7. The first-order valence-electron chi connectivity index (χ1n) is 27.6. The van der Waals surface area contributed by atoms with Gasteiger partial charge in [0.15, 0.2) is 0 Å². The number of nitrogens with two attached hydrogens (primary N) is 1. The number of likely N-dealkylation sites (tertiary alicyclic amines) is 2. The smallest absolute Gasteiger partial charge is 0.410 e. The molecule has 81 heavy (non-hydrogen) atoms. The average Bonchev–Trinajstić information content (AvgIpc) is 4.33. The molecule has 21 nitrogen and oxygen atoms in total. The number of carbonyl (C=O) groups is 7. The number of nitrogen functional groups attached to an aromatic ring is 1. The maximum absolute atomic E-state index is 13.8. The normalized spacial score (nSPS) is 18.6. The highest BCUT2D eigenvalue weighted by Crippen LogP contribution is 2.32. The minimum absolute atomic E-state index is 0. The second-order valence-corrected chi connectivity index (χ2v) is 21.7. The summed E-state index contributed by atoms with van der Waals surface area (Å²) in [5.41, 5.74) is 6.81. The Morgan fingerprint density at radius 2 is 1.10 bits per heavy atom. The van der Waals surface area contributed by atoms with Crippen LogP contribution >= 0.6 is 0 Å². The van der Waals surface area contributed by atoms with Crippen LogP contribution in [0.15, 0.2) is 85.2 Å². The van der Waals surface area contributed by atoms with Crippen molar-refractivity contribution in [3.8, 4) is 11.4 Å². The molecule has 0 unspecified atom stereocenters. The van der Waals surface area contributed by atoms with Crippen molar-refractivity contribution >= 4 is 53.2 Å². The molecule has 0 radical (unpaired) electrons. The van der Waals surface area contributed by atoms with E-state index in [0.29, 0.717) is 44.0 Å². The molecular weight excluding hydrogens is 1030 g/mol. The topological polar surface area (TPSA) is 268 Å². The van der Waals surface area contributed by atoms with Gasteiger partial charge in [-0.1, -0.05) is 97.2 Å². The van der Waals surface area contributed by atoms with Gasteiger partial charge in [-0.2, -0.15) is 10.2 Å². The molecule has 2 aliphatic carbocycles. The Kier molecular flexibility index (Phi) is 27.0. The van der Waals surface area contributed by atoms with Gasteiger partial charge in [0.05, 0.1) is 29.8 Å². The number of hydrogen-bond donors (Lipinski definition) is 6. The highest BCUT2D eigenvalue weighted by Gasteiger charge is 2.43. The average molecular weight is 1130 g/mol. The Balaban J connectivity index is 0.000000343. The fraction of sp³-hybridized carbons (Fsp3) is 0.583. The molecule has 2 saturated carbocycles. The van der Waals surface area contributed by atoms with Crippen LogP contribution in [0.4, 0.5) is 16.4 Å². The highest BCUT2D eigenvalue weighted by molar-refractivity contribution is 5.99. The number of anilines is 2. The first-order valence-corrected chi connectivity index (χ1v) is 27.6. The molecule has 0 bridgehead atoms. The number of carbonyl (C=O) groups excluding carboxylic acids is 6. The van der Waals surface area contributed by atoms with Crippen LogP contribution in [0.3, 0.4) is 0 Å². The summed E-state index contributed by atoms with van der Waals surface area (Å²) in [6.07, 6.45) is 14.8. The largest absolute Gasteiger partial charge is 0.480 e. The lowest BCUT2D eigenvalue weighted by Gasteiger charge is -2.35. The van der Waals surface area contributed by atoms with Crippen molar-refractivity contribution in [2.24, 2.45) is 11.8 Å². The molecule has 4 heterocycles. The predicted octanol–water partition coefficient (Wildman–Crippen LogP) is 8.22. The van der Waals surface area contributed by atoms with Crippen LogP contribution in [0, 0.1) is 11.8 Å². The number of aromatic nitrogens is 4. The summed E-state index contributed by atoms with van der Waals surface area (Å²) >= 11 is 0. The number of aliphatic carboxylic acids is 1. The van der Waals surface area contributed by atoms with Crippen LogP contribution in [0.1, 0.15) is 147 Å². The number of benzene rings is 2. The molecule has 4 aromatic rings. The number of para-hydroxylation sites is 2. The zero-order valence-electron chi connectivity index (χ0n) is 46.4. The van der Waals surface area contributed by atoms with Crippen LogP contribution in [-0.2, 0) is 33.5 Å². The van der Waals surface area contributed by atoms with Crippen LogP contribution in [-0.4, -0.2) is 150 Å². The van der Waals surface area contributed by atoms with E-state index in [0.717, 1.165) is 82.0 Å². The Labute approximate surface area is 480 Å². The molecule has 6 amide bonds. The second kappa shape index (κ2) is 32.2. The van der Waals surface area contributed by atoms with Crippen LogP contribution in [0.2, 0.25) is 0 Å². The number of amides is 6. The molecule has 8 rings (SSSR count). The Bertz CT molecular complexity index is 2610. The first-order chi connectivity index (χ1) is 37.3. The standard InChI is InChI=1S/C26H36N6O3.C22H37N3O6.C9H9N3.3CH4/c1-18(27-2)24(33)30-23(19-10-5-3-6-11-19)26(35)31-17-9-14-21(31)25(34)29-22-15-16-28-32(22)20-12-7-4-8-13-20;1-14(24(5)21(30)31-22(2,3)4)18(26)23-17(15-10-7-6-8-11-15)19(27)25-13-9-12-16(25)20(28)29;10-9-6-7-11-12(9)8-4-2-1-3-5-8;;;/h4,7-8,12-13,15-16,18-19,21,23,27H,3,5-6,9-11,14,17H2,1-2H3,(H,29,34)(H,30,33);14-17H,6-13H2,1-5H3,(H,23,26)(H,28,29);1-7H,10H2;3*1H4/t18-,21-,23-;14-,16-,17-;;;;/m00..../s1. The highest BCUT2D eigenvalue weighted by atomic mass is 16.6. The number of nitrogens with zero attached hydrogens (tertiary/aromatic N) is 7. The minimum atomic E-state index is -1.02. The molecule has 4 fully saturated rings. The Morgan fingerprint density at radius 3 is 1.57 bits per heavy atom. The van der Waals surface area contributed by atoms with Crippen molar-refractivity contribution in [3.05, 3.63) is 85.2 Å². The van der Waals surface area contributed by atoms with E-state index in [2.05, 4.69) is 31.5 Å². The van der Waals surface area contributed by atoms with Crippen LogP contribution in [0.25, 0.3) is 11.4 Å². The number of carboxylic acids is 1. The number of nitrogens with one attached hydrogen (secondary N) is 4. The van der Waals surface area contributed by atoms with Gasteiger partial charge in [-0.25, -0.2) is 19.0 Å². The van der Waals surface area contributed by atoms with E-state index in [-0.39, 0.29) is 57.7 Å². The minimum Gasteiger partial charge on any atom is -0.480 e. The molecule has 2 aromatic carbocycles. The molecule has 21 heteroatoms. The zero-order chi connectivity index (χ0) is 56.5. The van der Waals surface area contributed by atoms with Crippen LogP contribution in [0.5, 0.6) is 0 Å². The first kappa shape index (κ1) is 68.0. The predicted molar refractivity (Wildman–Crippen MR) is 316 cm³/mol. The monoisotopic (exact) mass is 1130 g/mol. The number of carboxylic acid groups (broad SMARTS) is 1. The molecule has 2 aliphatic heterocycles. The summed E-state index contributed by atoms with van der Waals surface area (Å²) in [4.78, 5) is 94.4. The van der Waals surface area contributed by atoms with Gasteiger partial charge < -0.3 is 46.6 Å². The Hall–Kier alpha value is -7.29. The van der Waals surface area contributed by atoms with Crippen molar-refractivity contribution in [1.82, 2.24) is 50.2 Å². The van der Waals surface area contributed by atoms with Gasteiger partial charge >= 0.3 is 12.1 Å². The summed E-state index contributed by atoms with van der Waals surface area (Å²) in [6, 6.07) is 18.8. The summed E-state index contributed by atoms with van der Waals surface area (Å²) in [5.74, 6) is -1.12. The van der Waals surface area contributed by atoms with Gasteiger partial charge in [0.1, 0.15) is 47.4 Å². The van der Waals surface area contributed by atoms with Gasteiger partial charge in [-0.3, -0.25) is 28.9 Å². The van der Waals surface area contributed by atoms with E-state index in [4.69, 9.17) is 10.5 Å². The van der Waals surface area contributed by atoms with Gasteiger partial charge in [-0.05, 0) is 129 Å². The molecule has 448 valence electrons. The third-order valence-corrected chi connectivity index (χ3v) is 15.1. The molecule has 2 aromatic heterocycles. The summed E-state index contributed by atoms with van der Waals surface area (Å²) in [6.45, 7) is 9.48. The number of hydrogen-bond acceptors (Lipinski definition) is 12. The SMILES string of the molecule is C.C.C.CN[C@@H](C)C(=O)N[C@H](C(=O)N1CCC[C@H]1C(=O)Nc1ccnn1-c1ccccc1)C1CCCCC1.C[C@@H](C(=O)N[C@H](C(=O)N1CCC[C@H]1C(=O)O)C1CCCCC1)N(C)C(=O)OC(C)(C)C.Nc1ccnn1-c1ccccc1. The number of rotatable bonds is 15. The third-order valence-electron chi connectivity index (χ3n) is 15.1. The maximum Gasteiger partial charge on any atom is 0.410 e. The van der Waals surface area contributed by atoms with Crippen LogP contribution < -0.4 is 27.0 Å². The lowest BCUT2D eigenvalue weighted by atomic mass is 9.83. The van der Waals surface area contributed by atoms with Gasteiger partial charge in [-0.15, -0.1) is 0 Å². The molecular formula is C60H94N12O9. The molecule has 4 aliphatic rings. The van der Waals surface area contributed by atoms with Crippen molar-refractivity contribution in [2.45, 2.75) is 189 Å². The van der Waals surface area contributed by atoms with E-state index in [1.165, 1.54) is 16.8 Å². The van der Waals surface area contributed by atoms with Gasteiger partial charge in [0, 0.05) is 32.3 Å². The number of likely N-dealkylation sites (N-methyl/N-ethyl adjacent to an activating group) is 2. The van der Waals surface area contributed by atoms with E-state index in [1.54, 1.807) is 80.5 Å². The number of ether oxygens (including phenoxy) is 1. The second-order valence-electron chi connectivity index (χ2n) is 21.7. The van der Waals surface area contributed by atoms with Gasteiger partial charge in [0.2, 0.25) is 29.5 Å². The lowest BCUT2D eigenvalue weighted by molar-refractivity contribution is -0.150. The summed E-state index contributed by atoms with van der Waals surface area (Å²) in [7, 11) is 3.21. The lowest BCUT2D eigenvalue weighted by Crippen LogP contribution is -2.58. The molecule has 0 spiro atoms. The van der Waals surface area contributed by atoms with Crippen molar-refractivity contribution in [2.75, 3.05) is 38.2 Å². The van der Waals surface area contributed by atoms with E-state index >= 15 is 0 Å². The third kappa shape index (κ3) is 18.6. The van der Waals surface area contributed by atoms with Crippen molar-refractivity contribution in [1.29, 1.82) is 0 Å². The molecule has 6 atom stereocenters. The Morgan fingerprint density at radius 1 is 0.642 bits per heavy atom. The zero-order valence-corrected chi connectivity index (χ0v) is 46.4. The fourth-order valence-corrected chi connectivity index (χ4v) is 10.5. The maximum atomic E-state index is 13.8.